The predicted octanol–water partition coefficient (Wildman–Crippen LogP) is 0.208. The van der Waals surface area contributed by atoms with E-state index >= 15 is 0 Å². The summed E-state index contributed by atoms with van der Waals surface area (Å²) in [4.78, 5) is 49.4. The molecule has 1 aliphatic rings. The minimum atomic E-state index is -6.75. The Hall–Kier alpha value is -0.710. The topological polar surface area (TPSA) is 238 Å². The van der Waals surface area contributed by atoms with Crippen LogP contribution in [0.4, 0.5) is 8.78 Å². The van der Waals surface area contributed by atoms with Crippen molar-refractivity contribution in [2.75, 3.05) is 6.61 Å². The lowest BCUT2D eigenvalue weighted by atomic mass is 10.1. The van der Waals surface area contributed by atoms with Gasteiger partial charge in [0.1, 0.15) is 23.0 Å². The largest absolute Gasteiger partial charge is 0.479 e. The lowest BCUT2D eigenvalue weighted by Gasteiger charge is -2.24. The first-order chi connectivity index (χ1) is 13.9. The fourth-order valence-electron chi connectivity index (χ4n) is 2.27. The molecule has 32 heavy (non-hydrogen) atoms. The second-order valence-electron chi connectivity index (χ2n) is 5.98. The SMILES string of the molecule is C.O=c1[nH]c(=S)ccn1[C@@H]1O[C@H](COP(=O)(O)OP(=O)(O)C(F)(F)P(=O)(O)O)[C@@H](O)[C@H]1O. The Balaban J connectivity index is 0.00000512. The molecule has 0 amide bonds. The minimum Gasteiger partial charge on any atom is -0.387 e. The number of aliphatic hydroxyl groups is 2. The lowest BCUT2D eigenvalue weighted by Crippen LogP contribution is -2.36. The minimum absolute atomic E-state index is 0. The zero-order chi connectivity index (χ0) is 24.0. The molecule has 2 unspecified atom stereocenters. The quantitative estimate of drug-likeness (QED) is 0.169. The fraction of sp³-hybridized carbons (Fsp3) is 0.636. The number of nitrogens with zero attached hydrogens (tertiary/aromatic N) is 1. The van der Waals surface area contributed by atoms with Gasteiger partial charge in [0.15, 0.2) is 6.23 Å². The van der Waals surface area contributed by atoms with E-state index in [2.05, 4.69) is 13.8 Å². The summed E-state index contributed by atoms with van der Waals surface area (Å²) < 4.78 is 74.0. The maximum atomic E-state index is 13.4. The molecule has 0 spiro atoms. The van der Waals surface area contributed by atoms with Crippen LogP contribution in [0.5, 0.6) is 0 Å². The Morgan fingerprint density at radius 3 is 2.25 bits per heavy atom. The summed E-state index contributed by atoms with van der Waals surface area (Å²) in [6.45, 7) is -1.21. The van der Waals surface area contributed by atoms with Crippen molar-refractivity contribution in [2.45, 2.75) is 37.4 Å². The van der Waals surface area contributed by atoms with Crippen LogP contribution in [-0.4, -0.2) is 69.7 Å². The van der Waals surface area contributed by atoms with Gasteiger partial charge in [-0.25, -0.2) is 13.7 Å². The number of aromatic amines is 1. The first kappa shape index (κ1) is 29.3. The number of hydrogen-bond donors (Lipinski definition) is 7. The van der Waals surface area contributed by atoms with E-state index in [1.54, 1.807) is 0 Å². The van der Waals surface area contributed by atoms with E-state index in [9.17, 15) is 42.4 Å². The van der Waals surface area contributed by atoms with Crippen LogP contribution in [0.3, 0.4) is 0 Å². The van der Waals surface area contributed by atoms with Gasteiger partial charge in [-0.15, -0.1) is 0 Å². The highest BCUT2D eigenvalue weighted by molar-refractivity contribution is 7.75. The van der Waals surface area contributed by atoms with Crippen molar-refractivity contribution >= 4 is 35.2 Å². The Morgan fingerprint density at radius 2 is 1.75 bits per heavy atom. The summed E-state index contributed by atoms with van der Waals surface area (Å²) in [6, 6.07) is 1.23. The Labute approximate surface area is 182 Å². The maximum absolute atomic E-state index is 13.4. The van der Waals surface area contributed by atoms with E-state index in [1.165, 1.54) is 6.07 Å². The molecule has 1 aromatic rings. The van der Waals surface area contributed by atoms with Gasteiger partial charge in [0.25, 0.3) is 0 Å². The van der Waals surface area contributed by atoms with E-state index in [0.29, 0.717) is 0 Å². The van der Waals surface area contributed by atoms with Gasteiger partial charge in [0.2, 0.25) is 0 Å². The van der Waals surface area contributed by atoms with E-state index in [0.717, 1.165) is 10.8 Å². The molecule has 0 aliphatic carbocycles. The molecule has 2 heterocycles. The number of nitrogens with one attached hydrogen (secondary N) is 1. The predicted molar refractivity (Wildman–Crippen MR) is 102 cm³/mol. The van der Waals surface area contributed by atoms with Gasteiger partial charge in [-0.2, -0.15) is 8.78 Å². The smallest absolute Gasteiger partial charge is 0.387 e. The van der Waals surface area contributed by atoms with E-state index in [-0.39, 0.29) is 12.1 Å². The molecule has 1 fully saturated rings. The van der Waals surface area contributed by atoms with Crippen LogP contribution < -0.4 is 5.69 Å². The molecule has 7 N–H and O–H groups in total. The Bertz CT molecular complexity index is 1090. The summed E-state index contributed by atoms with van der Waals surface area (Å²) in [7, 11) is -19.2. The molecule has 21 heteroatoms. The normalized spacial score (nSPS) is 27.9. The van der Waals surface area contributed by atoms with Gasteiger partial charge < -0.3 is 34.5 Å². The molecule has 186 valence electrons. The fourth-order valence-corrected chi connectivity index (χ4v) is 6.10. The van der Waals surface area contributed by atoms with Crippen LogP contribution in [0, 0.1) is 4.64 Å². The van der Waals surface area contributed by atoms with Crippen molar-refractivity contribution < 1.29 is 65.8 Å². The number of aliphatic hydroxyl groups excluding tert-OH is 2. The van der Waals surface area contributed by atoms with Gasteiger partial charge in [0, 0.05) is 6.20 Å². The molecular formula is C11H19F2N2O13P3S. The van der Waals surface area contributed by atoms with E-state index in [4.69, 9.17) is 31.6 Å². The Kier molecular flexibility index (Phi) is 9.05. The zero-order valence-corrected chi connectivity index (χ0v) is 18.2. The molecule has 2 rings (SSSR count). The number of phosphoric ester groups is 1. The summed E-state index contributed by atoms with van der Waals surface area (Å²) in [5.41, 5.74) is -0.859. The molecule has 0 bridgehead atoms. The zero-order valence-electron chi connectivity index (χ0n) is 14.7. The van der Waals surface area contributed by atoms with Crippen molar-refractivity contribution in [3.63, 3.8) is 0 Å². The van der Waals surface area contributed by atoms with Crippen molar-refractivity contribution in [2.24, 2.45) is 0 Å². The molecule has 6 atom stereocenters. The second-order valence-corrected chi connectivity index (χ2v) is 11.9. The maximum Gasteiger partial charge on any atom is 0.479 e. The van der Waals surface area contributed by atoms with Gasteiger partial charge in [0.05, 0.1) is 6.61 Å². The average molecular weight is 550 g/mol. The number of H-pyrrole nitrogens is 1. The highest BCUT2D eigenvalue weighted by Crippen LogP contribution is 2.77. The second kappa shape index (κ2) is 9.88. The third-order valence-electron chi connectivity index (χ3n) is 3.77. The molecule has 0 radical (unpaired) electrons. The molecule has 1 aliphatic heterocycles. The van der Waals surface area contributed by atoms with Gasteiger partial charge in [-0.3, -0.25) is 23.2 Å². The number of alkyl halides is 2. The molecule has 0 aromatic carbocycles. The third kappa shape index (κ3) is 6.04. The molecule has 0 saturated carbocycles. The van der Waals surface area contributed by atoms with Crippen LogP contribution in [0.2, 0.25) is 0 Å². The van der Waals surface area contributed by atoms with Crippen LogP contribution in [0.1, 0.15) is 13.7 Å². The number of aromatic nitrogens is 2. The molecule has 15 nitrogen and oxygen atoms in total. The Morgan fingerprint density at radius 1 is 1.19 bits per heavy atom. The monoisotopic (exact) mass is 550 g/mol. The van der Waals surface area contributed by atoms with Crippen molar-refractivity contribution in [1.82, 2.24) is 9.55 Å². The van der Waals surface area contributed by atoms with Crippen LogP contribution in [0.25, 0.3) is 0 Å². The number of halogens is 2. The average Bonchev–Trinajstić information content (AvgIpc) is 2.86. The van der Waals surface area contributed by atoms with Crippen LogP contribution in [0.15, 0.2) is 17.1 Å². The third-order valence-corrected chi connectivity index (χ3v) is 9.11. The molecular weight excluding hydrogens is 531 g/mol. The summed E-state index contributed by atoms with van der Waals surface area (Å²) in [5, 5.41) is 14.2. The highest BCUT2D eigenvalue weighted by Gasteiger charge is 2.67. The van der Waals surface area contributed by atoms with Gasteiger partial charge in [-0.05, 0) is 6.07 Å². The number of hydrogen-bond acceptors (Lipinski definition) is 10. The van der Waals surface area contributed by atoms with Gasteiger partial charge in [-0.1, -0.05) is 19.6 Å². The number of rotatable bonds is 8. The van der Waals surface area contributed by atoms with Gasteiger partial charge >= 0.3 is 34.1 Å². The molecule has 1 aromatic heterocycles. The lowest BCUT2D eigenvalue weighted by molar-refractivity contribution is -0.0542. The molecule has 1 saturated heterocycles. The van der Waals surface area contributed by atoms with Crippen molar-refractivity contribution in [1.29, 1.82) is 0 Å². The first-order valence-corrected chi connectivity index (χ1v) is 12.8. The number of phosphoric acid groups is 1. The summed E-state index contributed by atoms with van der Waals surface area (Å²) in [6.07, 6.45) is -5.79. The van der Waals surface area contributed by atoms with E-state index < -0.39 is 65.3 Å². The first-order valence-electron chi connectivity index (χ1n) is 7.68. The van der Waals surface area contributed by atoms with Crippen molar-refractivity contribution in [3.05, 3.63) is 27.4 Å². The van der Waals surface area contributed by atoms with Crippen LogP contribution >= 0.6 is 35.2 Å². The van der Waals surface area contributed by atoms with Crippen LogP contribution in [-0.2, 0) is 27.3 Å². The highest BCUT2D eigenvalue weighted by atomic mass is 32.1. The summed E-state index contributed by atoms with van der Waals surface area (Å²) in [5.74, 6) is 0. The van der Waals surface area contributed by atoms with E-state index in [1.807, 2.05) is 0 Å². The van der Waals surface area contributed by atoms with Crippen molar-refractivity contribution in [3.8, 4) is 0 Å². The summed E-state index contributed by atoms with van der Waals surface area (Å²) >= 11 is 4.72. The standard InChI is InChI=1S/C10H15F2N2O13P3S.CH4/c11-10(12,28(18,19)20)29(21,22)27-30(23,24)25-3-4-6(15)7(16)8(26-4)14-2-1-5(31)13-9(14)17;/h1-2,4,6-8,15-16H,3H2,(H,21,22)(H,23,24)(H,13,17,31)(H2,18,19,20);1H4/t4-,6-,7-,8-;/m1./s1. The number of ether oxygens (including phenoxy) is 1.